The van der Waals surface area contributed by atoms with Crippen molar-refractivity contribution < 1.29 is 4.39 Å². The molecule has 2 aromatic rings. The first-order chi connectivity index (χ1) is 8.24. The van der Waals surface area contributed by atoms with E-state index in [-0.39, 0.29) is 30.6 Å². The van der Waals surface area contributed by atoms with E-state index in [1.54, 1.807) is 6.07 Å². The quantitative estimate of drug-likeness (QED) is 0.944. The largest absolute Gasteiger partial charge is 0.346 e. The molecule has 0 radical (unpaired) electrons. The van der Waals surface area contributed by atoms with Crippen LogP contribution in [0, 0.1) is 5.82 Å². The van der Waals surface area contributed by atoms with Crippen molar-refractivity contribution in [2.24, 2.45) is 0 Å². The summed E-state index contributed by atoms with van der Waals surface area (Å²) in [6.45, 7) is 4.49. The summed E-state index contributed by atoms with van der Waals surface area (Å²) in [6.07, 6.45) is 5.45. The molecule has 1 aliphatic heterocycles. The number of nitrogens with one attached hydrogen (secondary N) is 1. The molecule has 2 aromatic heterocycles. The average molecular weight is 306 g/mol. The molecule has 1 fully saturated rings. The lowest BCUT2D eigenvalue weighted by atomic mass is 10.0. The summed E-state index contributed by atoms with van der Waals surface area (Å²) in [5.41, 5.74) is 1.93. The highest BCUT2D eigenvalue weighted by atomic mass is 35.5. The number of aromatic nitrogens is 2. The Labute approximate surface area is 124 Å². The highest BCUT2D eigenvalue weighted by molar-refractivity contribution is 5.85. The summed E-state index contributed by atoms with van der Waals surface area (Å²) in [7, 11) is 0. The van der Waals surface area contributed by atoms with Crippen molar-refractivity contribution in [3.05, 3.63) is 29.8 Å². The van der Waals surface area contributed by atoms with E-state index in [1.807, 2.05) is 6.20 Å². The summed E-state index contributed by atoms with van der Waals surface area (Å²) in [4.78, 5) is 9.57. The van der Waals surface area contributed by atoms with Crippen LogP contribution < -0.4 is 0 Å². The Bertz CT molecular complexity index is 544. The summed E-state index contributed by atoms with van der Waals surface area (Å²) in [6, 6.07) is 2.27. The van der Waals surface area contributed by atoms with Gasteiger partial charge in [-0.05, 0) is 37.9 Å². The number of hydrogen-bond donors (Lipinski definition) is 1. The van der Waals surface area contributed by atoms with Gasteiger partial charge in [0.1, 0.15) is 11.5 Å². The molecular weight excluding hydrogens is 288 g/mol. The molecule has 3 rings (SSSR count). The number of H-pyrrole nitrogens is 1. The number of rotatable bonds is 3. The van der Waals surface area contributed by atoms with E-state index >= 15 is 0 Å². The third kappa shape index (κ3) is 3.19. The van der Waals surface area contributed by atoms with E-state index in [0.717, 1.165) is 29.6 Å². The normalized spacial score (nSPS) is 18.5. The molecule has 1 N–H and O–H groups in total. The Morgan fingerprint density at radius 3 is 2.89 bits per heavy atom. The third-order valence-corrected chi connectivity index (χ3v) is 3.71. The van der Waals surface area contributed by atoms with Crippen molar-refractivity contribution in [1.82, 2.24) is 14.9 Å². The highest BCUT2D eigenvalue weighted by Gasteiger charge is 2.22. The molecule has 0 saturated carbocycles. The van der Waals surface area contributed by atoms with Crippen LogP contribution in [0.25, 0.3) is 11.0 Å². The second-order valence-electron chi connectivity index (χ2n) is 4.79. The van der Waals surface area contributed by atoms with E-state index in [1.165, 1.54) is 19.2 Å². The second kappa shape index (κ2) is 6.55. The number of fused-ring (bicyclic) bond motifs is 1. The Balaban J connectivity index is 0.000000902. The predicted octanol–water partition coefficient (Wildman–Crippen LogP) is 3.18. The molecule has 0 bridgehead atoms. The van der Waals surface area contributed by atoms with Crippen LogP contribution in [0.1, 0.15) is 18.9 Å². The van der Waals surface area contributed by atoms with Crippen LogP contribution in [0.2, 0.25) is 0 Å². The summed E-state index contributed by atoms with van der Waals surface area (Å²) < 4.78 is 13.1. The fraction of sp³-hybridized carbons (Fsp3) is 0.462. The smallest absolute Gasteiger partial charge is 0.142 e. The van der Waals surface area contributed by atoms with Gasteiger partial charge in [0.15, 0.2) is 0 Å². The zero-order valence-corrected chi connectivity index (χ0v) is 12.4. The van der Waals surface area contributed by atoms with Crippen molar-refractivity contribution in [1.29, 1.82) is 0 Å². The van der Waals surface area contributed by atoms with Crippen molar-refractivity contribution in [3.8, 4) is 0 Å². The first kappa shape index (κ1) is 16.2. The molecule has 0 unspecified atom stereocenters. The molecular formula is C13H18Cl2FN3. The van der Waals surface area contributed by atoms with E-state index in [0.29, 0.717) is 6.04 Å². The monoisotopic (exact) mass is 305 g/mol. The molecule has 1 atom stereocenters. The van der Waals surface area contributed by atoms with Gasteiger partial charge in [0.05, 0.1) is 6.20 Å². The van der Waals surface area contributed by atoms with Crippen molar-refractivity contribution in [2.45, 2.75) is 25.8 Å². The Morgan fingerprint density at radius 1 is 1.47 bits per heavy atom. The topological polar surface area (TPSA) is 31.9 Å². The van der Waals surface area contributed by atoms with Crippen LogP contribution in [0.5, 0.6) is 0 Å². The minimum absolute atomic E-state index is 0. The van der Waals surface area contributed by atoms with Gasteiger partial charge in [0.25, 0.3) is 0 Å². The third-order valence-electron chi connectivity index (χ3n) is 3.71. The maximum atomic E-state index is 13.1. The van der Waals surface area contributed by atoms with Crippen LogP contribution >= 0.6 is 24.8 Å². The molecule has 0 spiro atoms. The SMILES string of the molecule is C[C@H]1CCN1CCc1c[nH]c2ncc(F)cc12.Cl.Cl. The second-order valence-corrected chi connectivity index (χ2v) is 4.79. The molecule has 3 nitrogen and oxygen atoms in total. The van der Waals surface area contributed by atoms with Gasteiger partial charge in [-0.25, -0.2) is 9.37 Å². The Hall–Kier alpha value is -0.840. The van der Waals surface area contributed by atoms with Gasteiger partial charge < -0.3 is 9.88 Å². The van der Waals surface area contributed by atoms with Crippen molar-refractivity contribution in [3.63, 3.8) is 0 Å². The van der Waals surface area contributed by atoms with Crippen LogP contribution in [-0.4, -0.2) is 34.0 Å². The Morgan fingerprint density at radius 2 is 2.26 bits per heavy atom. The minimum atomic E-state index is -0.268. The molecule has 106 valence electrons. The maximum absolute atomic E-state index is 13.1. The molecule has 1 aliphatic rings. The van der Waals surface area contributed by atoms with Gasteiger partial charge in [0, 0.05) is 24.2 Å². The molecule has 0 aromatic carbocycles. The molecule has 19 heavy (non-hydrogen) atoms. The Kier molecular flexibility index (Phi) is 5.59. The van der Waals surface area contributed by atoms with E-state index in [2.05, 4.69) is 21.8 Å². The minimum Gasteiger partial charge on any atom is -0.346 e. The number of aromatic amines is 1. The maximum Gasteiger partial charge on any atom is 0.142 e. The van der Waals surface area contributed by atoms with E-state index < -0.39 is 0 Å². The summed E-state index contributed by atoms with van der Waals surface area (Å²) in [5.74, 6) is -0.268. The fourth-order valence-corrected chi connectivity index (χ4v) is 2.41. The average Bonchev–Trinajstić information content (AvgIpc) is 2.70. The van der Waals surface area contributed by atoms with E-state index in [9.17, 15) is 4.39 Å². The fourth-order valence-electron chi connectivity index (χ4n) is 2.41. The lowest BCUT2D eigenvalue weighted by molar-refractivity contribution is 0.107. The summed E-state index contributed by atoms with van der Waals surface area (Å²) in [5, 5.41) is 0.915. The molecule has 3 heterocycles. The van der Waals surface area contributed by atoms with E-state index in [4.69, 9.17) is 0 Å². The van der Waals surface area contributed by atoms with Crippen molar-refractivity contribution >= 4 is 35.8 Å². The zero-order valence-electron chi connectivity index (χ0n) is 10.7. The van der Waals surface area contributed by atoms with Crippen LogP contribution in [0.3, 0.4) is 0 Å². The standard InChI is InChI=1S/C13H16FN3.2ClH/c1-9-2-4-17(9)5-3-10-7-15-13-12(10)6-11(14)8-16-13;;/h6-9H,2-5H2,1H3,(H,15,16);2*1H/t9-;;/m0../s1. The number of pyridine rings is 1. The van der Waals surface area contributed by atoms with Gasteiger partial charge in [0.2, 0.25) is 0 Å². The lowest BCUT2D eigenvalue weighted by Crippen LogP contribution is -2.46. The van der Waals surface area contributed by atoms with Crippen LogP contribution in [0.4, 0.5) is 4.39 Å². The molecule has 0 aliphatic carbocycles. The van der Waals surface area contributed by atoms with Crippen LogP contribution in [0.15, 0.2) is 18.5 Å². The summed E-state index contributed by atoms with van der Waals surface area (Å²) >= 11 is 0. The van der Waals surface area contributed by atoms with Gasteiger partial charge in [-0.2, -0.15) is 0 Å². The first-order valence-corrected chi connectivity index (χ1v) is 6.09. The van der Waals surface area contributed by atoms with Gasteiger partial charge >= 0.3 is 0 Å². The van der Waals surface area contributed by atoms with Gasteiger partial charge in [-0.1, -0.05) is 0 Å². The molecule has 1 saturated heterocycles. The lowest BCUT2D eigenvalue weighted by Gasteiger charge is -2.38. The zero-order chi connectivity index (χ0) is 11.8. The number of hydrogen-bond acceptors (Lipinski definition) is 2. The molecule has 0 amide bonds. The van der Waals surface area contributed by atoms with Crippen LogP contribution in [-0.2, 0) is 6.42 Å². The highest BCUT2D eigenvalue weighted by Crippen LogP contribution is 2.21. The predicted molar refractivity (Wildman–Crippen MR) is 79.9 cm³/mol. The van der Waals surface area contributed by atoms with Crippen molar-refractivity contribution in [2.75, 3.05) is 13.1 Å². The van der Waals surface area contributed by atoms with Gasteiger partial charge in [-0.15, -0.1) is 24.8 Å². The van der Waals surface area contributed by atoms with Gasteiger partial charge in [-0.3, -0.25) is 0 Å². The number of halogens is 3. The molecule has 6 heteroatoms. The number of likely N-dealkylation sites (tertiary alicyclic amines) is 1. The first-order valence-electron chi connectivity index (χ1n) is 6.09. The number of nitrogens with zero attached hydrogens (tertiary/aromatic N) is 2.